The van der Waals surface area contributed by atoms with Crippen LogP contribution < -0.4 is 0 Å². The first-order chi connectivity index (χ1) is 15.8. The number of piperidine rings is 1. The van der Waals surface area contributed by atoms with Gasteiger partial charge in [0.05, 0.1) is 29.9 Å². The number of halogens is 2. The van der Waals surface area contributed by atoms with E-state index >= 15 is 4.39 Å². The normalized spacial score (nSPS) is 29.0. The number of pyridine rings is 1. The summed E-state index contributed by atoms with van der Waals surface area (Å²) in [6.07, 6.45) is -1.37. The van der Waals surface area contributed by atoms with Gasteiger partial charge in [-0.1, -0.05) is 41.5 Å². The van der Waals surface area contributed by atoms with Gasteiger partial charge in [0.15, 0.2) is 5.82 Å². The third kappa shape index (κ3) is 4.35. The smallest absolute Gasteiger partial charge is 0.407 e. The van der Waals surface area contributed by atoms with Gasteiger partial charge in [0.25, 0.3) is 0 Å². The molecule has 2 fully saturated rings. The predicted octanol–water partition coefficient (Wildman–Crippen LogP) is 4.67. The van der Waals surface area contributed by atoms with Gasteiger partial charge in [-0.25, -0.2) is 14.2 Å². The van der Waals surface area contributed by atoms with Crippen LogP contribution in [0.2, 0.25) is 0 Å². The lowest BCUT2D eigenvalue weighted by atomic mass is 9.47. The van der Waals surface area contributed by atoms with E-state index in [4.69, 9.17) is 4.74 Å². The molecule has 10 heteroatoms. The molecule has 3 atom stereocenters. The zero-order chi connectivity index (χ0) is 26.8. The zero-order valence-corrected chi connectivity index (χ0v) is 23.0. The Hall–Kier alpha value is -1.78. The summed E-state index contributed by atoms with van der Waals surface area (Å²) in [7, 11) is 0. The van der Waals surface area contributed by atoms with E-state index < -0.39 is 51.2 Å². The van der Waals surface area contributed by atoms with Gasteiger partial charge in [-0.15, -0.1) is 0 Å². The van der Waals surface area contributed by atoms with Gasteiger partial charge in [-0.2, -0.15) is 0 Å². The molecule has 3 rings (SSSR count). The second kappa shape index (κ2) is 8.66. The fraction of sp³-hybridized carbons (Fsp3) is 0.720. The fourth-order valence-electron chi connectivity index (χ4n) is 6.44. The Kier molecular flexibility index (Phi) is 6.88. The molecule has 3 N–H and O–H groups in total. The summed E-state index contributed by atoms with van der Waals surface area (Å²) >= 11 is 3.29. The lowest BCUT2D eigenvalue weighted by molar-refractivity contribution is -0.189. The van der Waals surface area contributed by atoms with Gasteiger partial charge < -0.3 is 25.0 Å². The maximum Gasteiger partial charge on any atom is 0.407 e. The molecule has 1 aromatic heterocycles. The minimum Gasteiger partial charge on any atom is -0.481 e. The van der Waals surface area contributed by atoms with Gasteiger partial charge in [-0.3, -0.25) is 4.79 Å². The highest BCUT2D eigenvalue weighted by Crippen LogP contribution is 2.60. The molecule has 196 valence electrons. The van der Waals surface area contributed by atoms with Crippen LogP contribution >= 0.6 is 15.9 Å². The molecule has 2 aliphatic rings. The molecule has 3 heterocycles. The third-order valence-electron chi connectivity index (χ3n) is 8.16. The van der Waals surface area contributed by atoms with Crippen molar-refractivity contribution in [2.45, 2.75) is 72.4 Å². The Balaban J connectivity index is 2.27. The van der Waals surface area contributed by atoms with Crippen LogP contribution in [0.3, 0.4) is 0 Å². The summed E-state index contributed by atoms with van der Waals surface area (Å²) in [5.41, 5.74) is -5.49. The lowest BCUT2D eigenvalue weighted by Crippen LogP contribution is -2.72. The van der Waals surface area contributed by atoms with E-state index in [2.05, 4.69) is 20.9 Å². The van der Waals surface area contributed by atoms with Gasteiger partial charge in [0.1, 0.15) is 10.2 Å². The first-order valence-corrected chi connectivity index (χ1v) is 12.5. The van der Waals surface area contributed by atoms with Crippen molar-refractivity contribution in [1.82, 2.24) is 9.88 Å². The van der Waals surface area contributed by atoms with Crippen molar-refractivity contribution in [3.8, 4) is 0 Å². The molecule has 0 aromatic carbocycles. The van der Waals surface area contributed by atoms with Crippen LogP contribution in [0.25, 0.3) is 0 Å². The maximum absolute atomic E-state index is 15.8. The highest BCUT2D eigenvalue weighted by molar-refractivity contribution is 9.10. The SMILES string of the molecule is CC(C)(C)C1[C@@](Cc2nc(Br)cc(C3(O)COC3)c2F)(C(=O)O)CCN(C(=O)O)[C@@]1(C)C(C)(C)C. The van der Waals surface area contributed by atoms with E-state index in [1.54, 1.807) is 6.92 Å². The van der Waals surface area contributed by atoms with E-state index in [0.717, 1.165) is 0 Å². The molecular formula is C25H36BrFN2O6. The Morgan fingerprint density at radius 1 is 1.23 bits per heavy atom. The molecule has 2 aliphatic heterocycles. The molecule has 0 spiro atoms. The average molecular weight is 559 g/mol. The highest BCUT2D eigenvalue weighted by atomic mass is 79.9. The molecule has 0 radical (unpaired) electrons. The quantitative estimate of drug-likeness (QED) is 0.459. The molecule has 1 amide bonds. The van der Waals surface area contributed by atoms with E-state index in [1.165, 1.54) is 11.0 Å². The first kappa shape index (κ1) is 27.8. The number of amides is 1. The highest BCUT2D eigenvalue weighted by Gasteiger charge is 2.66. The number of aliphatic hydroxyl groups is 1. The van der Waals surface area contributed by atoms with Gasteiger partial charge >= 0.3 is 12.1 Å². The Bertz CT molecular complexity index is 1030. The van der Waals surface area contributed by atoms with Crippen molar-refractivity contribution < 1.29 is 34.0 Å². The molecule has 0 saturated carbocycles. The van der Waals surface area contributed by atoms with Crippen molar-refractivity contribution in [3.05, 3.63) is 27.7 Å². The summed E-state index contributed by atoms with van der Waals surface area (Å²) in [5.74, 6) is -2.58. The van der Waals surface area contributed by atoms with Gasteiger partial charge in [0, 0.05) is 24.4 Å². The monoisotopic (exact) mass is 558 g/mol. The zero-order valence-electron chi connectivity index (χ0n) is 21.4. The van der Waals surface area contributed by atoms with E-state index in [0.29, 0.717) is 0 Å². The molecule has 2 saturated heterocycles. The number of carboxylic acid groups (broad SMARTS) is 2. The number of ether oxygens (including phenoxy) is 1. The molecule has 35 heavy (non-hydrogen) atoms. The van der Waals surface area contributed by atoms with Crippen LogP contribution in [0.5, 0.6) is 0 Å². The van der Waals surface area contributed by atoms with Crippen molar-refractivity contribution >= 4 is 28.0 Å². The second-order valence-electron chi connectivity index (χ2n) is 12.3. The predicted molar refractivity (Wildman–Crippen MR) is 131 cm³/mol. The van der Waals surface area contributed by atoms with Crippen molar-refractivity contribution in [1.29, 1.82) is 0 Å². The number of likely N-dealkylation sites (tertiary alicyclic amines) is 1. The van der Waals surface area contributed by atoms with Crippen molar-refractivity contribution in [3.63, 3.8) is 0 Å². The summed E-state index contributed by atoms with van der Waals surface area (Å²) in [6, 6.07) is 1.39. The minimum absolute atomic E-state index is 0.00140. The number of hydrogen-bond donors (Lipinski definition) is 3. The minimum atomic E-state index is -1.52. The van der Waals surface area contributed by atoms with Crippen LogP contribution in [0.1, 0.15) is 66.1 Å². The maximum atomic E-state index is 15.8. The summed E-state index contributed by atoms with van der Waals surface area (Å²) < 4.78 is 21.2. The number of aliphatic carboxylic acids is 1. The fourth-order valence-corrected chi connectivity index (χ4v) is 6.88. The molecule has 0 bridgehead atoms. The van der Waals surface area contributed by atoms with E-state index in [-0.39, 0.29) is 48.5 Å². The molecular weight excluding hydrogens is 523 g/mol. The van der Waals surface area contributed by atoms with Crippen LogP contribution in [0.15, 0.2) is 10.7 Å². The van der Waals surface area contributed by atoms with Crippen LogP contribution in [-0.4, -0.2) is 62.6 Å². The van der Waals surface area contributed by atoms with Crippen molar-refractivity contribution in [2.24, 2.45) is 22.2 Å². The van der Waals surface area contributed by atoms with Crippen LogP contribution in [0.4, 0.5) is 9.18 Å². The Morgan fingerprint density at radius 2 is 1.80 bits per heavy atom. The Labute approximate surface area is 214 Å². The number of aromatic nitrogens is 1. The molecule has 0 aliphatic carbocycles. The van der Waals surface area contributed by atoms with Crippen LogP contribution in [0, 0.1) is 28.0 Å². The first-order valence-electron chi connectivity index (χ1n) is 11.7. The van der Waals surface area contributed by atoms with Gasteiger partial charge in [0.2, 0.25) is 0 Å². The van der Waals surface area contributed by atoms with E-state index in [1.807, 2.05) is 41.5 Å². The number of nitrogens with zero attached hydrogens (tertiary/aromatic N) is 2. The third-order valence-corrected chi connectivity index (χ3v) is 8.57. The van der Waals surface area contributed by atoms with Gasteiger partial charge in [-0.05, 0) is 46.2 Å². The number of carboxylic acids is 1. The van der Waals surface area contributed by atoms with Crippen molar-refractivity contribution in [2.75, 3.05) is 19.8 Å². The number of carbonyl (C=O) groups is 2. The average Bonchev–Trinajstić information content (AvgIpc) is 2.66. The Morgan fingerprint density at radius 3 is 2.20 bits per heavy atom. The summed E-state index contributed by atoms with van der Waals surface area (Å²) in [4.78, 5) is 31.2. The van der Waals surface area contributed by atoms with Crippen LogP contribution in [-0.2, 0) is 21.6 Å². The molecule has 1 unspecified atom stereocenters. The lowest BCUT2D eigenvalue weighted by Gasteiger charge is -2.64. The summed E-state index contributed by atoms with van der Waals surface area (Å²) in [6.45, 7) is 13.1. The molecule has 8 nitrogen and oxygen atoms in total. The van der Waals surface area contributed by atoms with E-state index in [9.17, 15) is 24.9 Å². The summed E-state index contributed by atoms with van der Waals surface area (Å²) in [5, 5.41) is 31.6. The standard InChI is InChI=1S/C25H36BrFN2O6/c1-21(2,3)18-23(7,22(4,5)6)29(20(32)33)9-8-24(18,19(30)31)11-15-17(27)14(10-16(26)28-15)25(34)12-35-13-25/h10,18,34H,8-9,11-13H2,1-7H3,(H,30,31)(H,32,33)/t18?,23-,24-/m1/s1. The topological polar surface area (TPSA) is 120 Å². The number of hydrogen-bond acceptors (Lipinski definition) is 5. The number of rotatable bonds is 4. The second-order valence-corrected chi connectivity index (χ2v) is 13.1. The largest absolute Gasteiger partial charge is 0.481 e. The molecule has 1 aromatic rings.